The van der Waals surface area contributed by atoms with Crippen molar-refractivity contribution in [1.29, 1.82) is 0 Å². The Labute approximate surface area is 165 Å². The third kappa shape index (κ3) is 6.23. The molecule has 1 unspecified atom stereocenters. The Kier molecular flexibility index (Phi) is 6.19. The van der Waals surface area contributed by atoms with Gasteiger partial charge < -0.3 is 15.4 Å². The first-order chi connectivity index (χ1) is 13.3. The molecule has 0 saturated carbocycles. The summed E-state index contributed by atoms with van der Waals surface area (Å²) in [6.07, 6.45) is 0.928. The Hall–Kier alpha value is -2.60. The highest BCUT2D eigenvalue weighted by molar-refractivity contribution is 5.89. The number of alkyl halides is 1. The molecule has 3 rings (SSSR count). The highest BCUT2D eigenvalue weighted by Crippen LogP contribution is 2.21. The predicted octanol–water partition coefficient (Wildman–Crippen LogP) is 4.48. The van der Waals surface area contributed by atoms with Crippen LogP contribution in [0.15, 0.2) is 48.5 Å². The third-order valence-corrected chi connectivity index (χ3v) is 4.61. The first-order valence-electron chi connectivity index (χ1n) is 9.60. The maximum Gasteiger partial charge on any atom is 0.319 e. The first-order valence-corrected chi connectivity index (χ1v) is 9.60. The van der Waals surface area contributed by atoms with Crippen LogP contribution in [0.5, 0.6) is 5.75 Å². The normalized spacial score (nSPS) is 17.4. The molecule has 1 atom stereocenters. The lowest BCUT2D eigenvalue weighted by atomic mass is 10.1. The van der Waals surface area contributed by atoms with Gasteiger partial charge in [-0.05, 0) is 43.2 Å². The van der Waals surface area contributed by atoms with Crippen LogP contribution >= 0.6 is 0 Å². The van der Waals surface area contributed by atoms with Crippen LogP contribution in [0.25, 0.3) is 0 Å². The molecule has 0 radical (unpaired) electrons. The molecule has 28 heavy (non-hydrogen) atoms. The van der Waals surface area contributed by atoms with Gasteiger partial charge in [0.1, 0.15) is 5.75 Å². The van der Waals surface area contributed by atoms with Crippen LogP contribution in [-0.2, 0) is 6.54 Å². The SMILES string of the molecule is Cc1ccc(CN2CCC(NC(=O)Nc3ccc(OC(C)(C)F)cc3)C2)cc1. The zero-order chi connectivity index (χ0) is 20.1. The van der Waals surface area contributed by atoms with E-state index in [1.165, 1.54) is 25.0 Å². The maximum absolute atomic E-state index is 13.5. The molecule has 6 heteroatoms. The summed E-state index contributed by atoms with van der Waals surface area (Å²) in [5.74, 6) is -1.32. The highest BCUT2D eigenvalue weighted by Gasteiger charge is 2.24. The monoisotopic (exact) mass is 385 g/mol. The molecule has 5 nitrogen and oxygen atoms in total. The van der Waals surface area contributed by atoms with Crippen molar-refractivity contribution in [2.45, 2.75) is 45.6 Å². The summed E-state index contributed by atoms with van der Waals surface area (Å²) in [7, 11) is 0. The van der Waals surface area contributed by atoms with E-state index in [1.807, 2.05) is 0 Å². The number of ether oxygens (including phenoxy) is 1. The van der Waals surface area contributed by atoms with E-state index in [0.29, 0.717) is 11.4 Å². The van der Waals surface area contributed by atoms with E-state index < -0.39 is 5.85 Å². The van der Waals surface area contributed by atoms with Gasteiger partial charge in [0.15, 0.2) is 0 Å². The summed E-state index contributed by atoms with van der Waals surface area (Å²) in [6, 6.07) is 15.1. The minimum absolute atomic E-state index is 0.125. The number of hydrogen-bond donors (Lipinski definition) is 2. The smallest absolute Gasteiger partial charge is 0.319 e. The van der Waals surface area contributed by atoms with E-state index in [2.05, 4.69) is 46.7 Å². The molecule has 1 aliphatic heterocycles. The van der Waals surface area contributed by atoms with Gasteiger partial charge >= 0.3 is 6.03 Å². The standard InChI is InChI=1S/C22H28FN3O2/c1-16-4-6-17(7-5-16)14-26-13-12-19(15-26)25-21(27)24-18-8-10-20(11-9-18)28-22(2,3)23/h4-11,19H,12-15H2,1-3H3,(H2,24,25,27). The predicted molar refractivity (Wildman–Crippen MR) is 109 cm³/mol. The topological polar surface area (TPSA) is 53.6 Å². The number of nitrogens with one attached hydrogen (secondary N) is 2. The molecule has 1 saturated heterocycles. The number of halogens is 1. The second-order valence-corrected chi connectivity index (χ2v) is 7.79. The zero-order valence-corrected chi connectivity index (χ0v) is 16.7. The molecule has 1 aliphatic rings. The number of amides is 2. The van der Waals surface area contributed by atoms with Gasteiger partial charge in [-0.15, -0.1) is 0 Å². The van der Waals surface area contributed by atoms with Crippen LogP contribution in [0.3, 0.4) is 0 Å². The molecule has 1 heterocycles. The van der Waals surface area contributed by atoms with Gasteiger partial charge in [-0.2, -0.15) is 4.39 Å². The molecule has 0 aliphatic carbocycles. The van der Waals surface area contributed by atoms with Gasteiger partial charge in [0, 0.05) is 45.2 Å². The number of carbonyl (C=O) groups is 1. The van der Waals surface area contributed by atoms with Crippen molar-refractivity contribution in [2.24, 2.45) is 0 Å². The first kappa shape index (κ1) is 20.1. The molecular weight excluding hydrogens is 357 g/mol. The molecule has 150 valence electrons. The fourth-order valence-corrected chi connectivity index (χ4v) is 3.28. The summed E-state index contributed by atoms with van der Waals surface area (Å²) in [5.41, 5.74) is 3.18. The van der Waals surface area contributed by atoms with Crippen molar-refractivity contribution < 1.29 is 13.9 Å². The lowest BCUT2D eigenvalue weighted by molar-refractivity contribution is -0.0256. The lowest BCUT2D eigenvalue weighted by Gasteiger charge is -2.18. The number of anilines is 1. The molecule has 2 aromatic carbocycles. The van der Waals surface area contributed by atoms with Crippen molar-refractivity contribution in [3.05, 3.63) is 59.7 Å². The molecule has 0 spiro atoms. The van der Waals surface area contributed by atoms with Gasteiger partial charge in [-0.3, -0.25) is 4.90 Å². The second kappa shape index (κ2) is 8.61. The fraction of sp³-hybridized carbons (Fsp3) is 0.409. The van der Waals surface area contributed by atoms with Crippen molar-refractivity contribution in [3.63, 3.8) is 0 Å². The van der Waals surface area contributed by atoms with E-state index in [-0.39, 0.29) is 12.1 Å². The van der Waals surface area contributed by atoms with E-state index in [4.69, 9.17) is 4.74 Å². The quantitative estimate of drug-likeness (QED) is 0.771. The Morgan fingerprint density at radius 2 is 1.86 bits per heavy atom. The minimum atomic E-state index is -1.74. The number of aryl methyl sites for hydroxylation is 1. The van der Waals surface area contributed by atoms with Gasteiger partial charge in [0.2, 0.25) is 5.85 Å². The Morgan fingerprint density at radius 3 is 2.50 bits per heavy atom. The van der Waals surface area contributed by atoms with Gasteiger partial charge in [-0.1, -0.05) is 29.8 Å². The molecule has 2 N–H and O–H groups in total. The molecular formula is C22H28FN3O2. The van der Waals surface area contributed by atoms with Crippen LogP contribution in [0.4, 0.5) is 14.9 Å². The number of nitrogens with zero attached hydrogens (tertiary/aromatic N) is 1. The number of hydrogen-bond acceptors (Lipinski definition) is 3. The summed E-state index contributed by atoms with van der Waals surface area (Å²) in [5, 5.41) is 5.83. The second-order valence-electron chi connectivity index (χ2n) is 7.79. The van der Waals surface area contributed by atoms with Gasteiger partial charge in [0.25, 0.3) is 0 Å². The van der Waals surface area contributed by atoms with Crippen molar-refractivity contribution >= 4 is 11.7 Å². The van der Waals surface area contributed by atoms with Crippen molar-refractivity contribution in [3.8, 4) is 5.75 Å². The van der Waals surface area contributed by atoms with Crippen molar-refractivity contribution in [2.75, 3.05) is 18.4 Å². The van der Waals surface area contributed by atoms with E-state index in [0.717, 1.165) is 26.1 Å². The molecule has 0 aromatic heterocycles. The summed E-state index contributed by atoms with van der Waals surface area (Å²) >= 11 is 0. The number of likely N-dealkylation sites (tertiary alicyclic amines) is 1. The largest absolute Gasteiger partial charge is 0.459 e. The molecule has 2 aromatic rings. The van der Waals surface area contributed by atoms with Crippen molar-refractivity contribution in [1.82, 2.24) is 10.2 Å². The summed E-state index contributed by atoms with van der Waals surface area (Å²) < 4.78 is 18.6. The highest BCUT2D eigenvalue weighted by atomic mass is 19.2. The van der Waals surface area contributed by atoms with Gasteiger partial charge in [-0.25, -0.2) is 4.79 Å². The lowest BCUT2D eigenvalue weighted by Crippen LogP contribution is -2.39. The average Bonchev–Trinajstić information content (AvgIpc) is 3.04. The Bertz CT molecular complexity index is 785. The number of carbonyl (C=O) groups excluding carboxylic acids is 1. The van der Waals surface area contributed by atoms with Crippen LogP contribution in [0.2, 0.25) is 0 Å². The third-order valence-electron chi connectivity index (χ3n) is 4.61. The number of urea groups is 1. The molecule has 2 amide bonds. The number of benzene rings is 2. The Morgan fingerprint density at radius 1 is 1.18 bits per heavy atom. The van der Waals surface area contributed by atoms with E-state index >= 15 is 0 Å². The minimum Gasteiger partial charge on any atom is -0.459 e. The zero-order valence-electron chi connectivity index (χ0n) is 16.7. The average molecular weight is 385 g/mol. The number of rotatable bonds is 6. The van der Waals surface area contributed by atoms with Crippen LogP contribution in [-0.4, -0.2) is 35.9 Å². The Balaban J connectivity index is 1.44. The van der Waals surface area contributed by atoms with Crippen LogP contribution in [0.1, 0.15) is 31.4 Å². The van der Waals surface area contributed by atoms with Crippen LogP contribution in [0, 0.1) is 6.92 Å². The molecule has 0 bridgehead atoms. The van der Waals surface area contributed by atoms with Gasteiger partial charge in [0.05, 0.1) is 0 Å². The summed E-state index contributed by atoms with van der Waals surface area (Å²) in [4.78, 5) is 14.6. The fourth-order valence-electron chi connectivity index (χ4n) is 3.28. The van der Waals surface area contributed by atoms with E-state index in [1.54, 1.807) is 24.3 Å². The maximum atomic E-state index is 13.5. The van der Waals surface area contributed by atoms with Crippen LogP contribution < -0.4 is 15.4 Å². The summed E-state index contributed by atoms with van der Waals surface area (Å²) in [6.45, 7) is 7.46. The van der Waals surface area contributed by atoms with E-state index in [9.17, 15) is 9.18 Å². The molecule has 1 fully saturated rings.